The first-order valence-corrected chi connectivity index (χ1v) is 10.6. The molecular formula is C12H16N4O3S4. The summed E-state index contributed by atoms with van der Waals surface area (Å²) in [6.07, 6.45) is 0. The van der Waals surface area contributed by atoms with Crippen LogP contribution < -0.4 is 5.32 Å². The molecule has 7 nitrogen and oxygen atoms in total. The van der Waals surface area contributed by atoms with Crippen LogP contribution in [0.5, 0.6) is 0 Å². The predicted molar refractivity (Wildman–Crippen MR) is 94.2 cm³/mol. The number of carbonyl (C=O) groups excluding carboxylic acids is 1. The maximum atomic E-state index is 12.3. The molecule has 1 amide bonds. The maximum absolute atomic E-state index is 12.3. The molecule has 0 aliphatic rings. The highest BCUT2D eigenvalue weighted by Gasteiger charge is 2.24. The third-order valence-corrected chi connectivity index (χ3v) is 7.72. The van der Waals surface area contributed by atoms with Gasteiger partial charge in [0.2, 0.25) is 15.2 Å². The summed E-state index contributed by atoms with van der Waals surface area (Å²) in [6, 6.07) is 1.40. The van der Waals surface area contributed by atoms with E-state index in [9.17, 15) is 13.2 Å². The average molecular weight is 393 g/mol. The molecular weight excluding hydrogens is 376 g/mol. The summed E-state index contributed by atoms with van der Waals surface area (Å²) in [4.78, 5) is 13.3. The zero-order chi connectivity index (χ0) is 17.2. The van der Waals surface area contributed by atoms with Crippen LogP contribution in [0.25, 0.3) is 0 Å². The number of nitrogens with one attached hydrogen (secondary N) is 1. The van der Waals surface area contributed by atoms with Crippen LogP contribution in [0.3, 0.4) is 0 Å². The number of nitrogens with zero attached hydrogens (tertiary/aromatic N) is 3. The van der Waals surface area contributed by atoms with Gasteiger partial charge in [0.15, 0.2) is 4.34 Å². The van der Waals surface area contributed by atoms with Crippen LogP contribution in [0, 0.1) is 6.92 Å². The Morgan fingerprint density at radius 3 is 2.65 bits per heavy atom. The Kier molecular flexibility index (Phi) is 5.79. The summed E-state index contributed by atoms with van der Waals surface area (Å²) in [5, 5.41) is 10.9. The van der Waals surface area contributed by atoms with E-state index in [-0.39, 0.29) is 10.8 Å². The van der Waals surface area contributed by atoms with E-state index in [0.29, 0.717) is 14.9 Å². The van der Waals surface area contributed by atoms with Crippen LogP contribution in [-0.4, -0.2) is 48.7 Å². The molecule has 0 unspecified atom stereocenters. The fraction of sp³-hybridized carbons (Fsp3) is 0.417. The number of hydrogen-bond donors (Lipinski definition) is 1. The molecule has 0 spiro atoms. The molecule has 0 atom stereocenters. The number of hydrogen-bond acceptors (Lipinski definition) is 8. The lowest BCUT2D eigenvalue weighted by Gasteiger charge is -2.10. The minimum absolute atomic E-state index is 0.150. The topological polar surface area (TPSA) is 92.3 Å². The first kappa shape index (κ1) is 18.3. The van der Waals surface area contributed by atoms with Crippen molar-refractivity contribution in [1.82, 2.24) is 14.5 Å². The Bertz CT molecular complexity index is 810. The van der Waals surface area contributed by atoms with Gasteiger partial charge in [-0.3, -0.25) is 10.1 Å². The highest BCUT2D eigenvalue weighted by Crippen LogP contribution is 2.29. The second-order valence-corrected chi connectivity index (χ2v) is 10.4. The molecule has 2 rings (SSSR count). The van der Waals surface area contributed by atoms with Gasteiger partial charge >= 0.3 is 0 Å². The normalized spacial score (nSPS) is 11.9. The van der Waals surface area contributed by atoms with Crippen LogP contribution >= 0.6 is 34.4 Å². The van der Waals surface area contributed by atoms with Crippen molar-refractivity contribution in [3.05, 3.63) is 15.8 Å². The molecule has 0 fully saturated rings. The van der Waals surface area contributed by atoms with Gasteiger partial charge in [0, 0.05) is 19.0 Å². The fourth-order valence-electron chi connectivity index (χ4n) is 1.63. The van der Waals surface area contributed by atoms with Gasteiger partial charge < -0.3 is 0 Å². The summed E-state index contributed by atoms with van der Waals surface area (Å²) >= 11 is 3.97. The van der Waals surface area contributed by atoms with Crippen molar-refractivity contribution >= 4 is 55.5 Å². The minimum Gasteiger partial charge on any atom is -0.296 e. The lowest BCUT2D eigenvalue weighted by Crippen LogP contribution is -2.22. The maximum Gasteiger partial charge on any atom is 0.267 e. The average Bonchev–Trinajstić information content (AvgIpc) is 3.06. The number of thioether (sulfide) groups is 1. The van der Waals surface area contributed by atoms with Gasteiger partial charge in [-0.2, -0.15) is 0 Å². The van der Waals surface area contributed by atoms with Crippen LogP contribution in [0.2, 0.25) is 0 Å². The smallest absolute Gasteiger partial charge is 0.267 e. The summed E-state index contributed by atoms with van der Waals surface area (Å²) in [5.74, 6) is 0.487. The Morgan fingerprint density at radius 2 is 2.04 bits per heavy atom. The number of anilines is 1. The minimum atomic E-state index is -3.56. The van der Waals surface area contributed by atoms with Gasteiger partial charge in [0.05, 0.1) is 9.77 Å². The summed E-state index contributed by atoms with van der Waals surface area (Å²) in [6.45, 7) is 3.68. The molecule has 0 saturated heterocycles. The largest absolute Gasteiger partial charge is 0.296 e. The Hall–Kier alpha value is -1.01. The van der Waals surface area contributed by atoms with Gasteiger partial charge in [-0.15, -0.1) is 21.5 Å². The van der Waals surface area contributed by atoms with E-state index in [1.54, 1.807) is 18.7 Å². The molecule has 23 heavy (non-hydrogen) atoms. The van der Waals surface area contributed by atoms with Gasteiger partial charge in [0.1, 0.15) is 0 Å². The van der Waals surface area contributed by atoms with Gasteiger partial charge in [-0.25, -0.2) is 12.7 Å². The fourth-order valence-corrected chi connectivity index (χ4v) is 5.62. The SMILES string of the molecule is CCSc1nnc(NC(=O)c2cc(S(=O)(=O)N(C)C)c(C)s2)s1. The predicted octanol–water partition coefficient (Wildman–Crippen LogP) is 2.52. The zero-order valence-corrected chi connectivity index (χ0v) is 16.2. The number of carbonyl (C=O) groups is 1. The van der Waals surface area contributed by atoms with E-state index in [0.717, 1.165) is 25.7 Å². The van der Waals surface area contributed by atoms with E-state index in [1.165, 1.54) is 31.5 Å². The number of rotatable bonds is 6. The first-order valence-electron chi connectivity index (χ1n) is 6.56. The van der Waals surface area contributed by atoms with E-state index >= 15 is 0 Å². The number of amides is 1. The van der Waals surface area contributed by atoms with Gasteiger partial charge in [-0.1, -0.05) is 30.0 Å². The molecule has 0 aliphatic heterocycles. The van der Waals surface area contributed by atoms with Crippen molar-refractivity contribution in [2.75, 3.05) is 25.2 Å². The van der Waals surface area contributed by atoms with Crippen molar-refractivity contribution < 1.29 is 13.2 Å². The Morgan fingerprint density at radius 1 is 1.35 bits per heavy atom. The second kappa shape index (κ2) is 7.26. The van der Waals surface area contributed by atoms with E-state index in [2.05, 4.69) is 15.5 Å². The molecule has 1 N–H and O–H groups in total. The molecule has 0 aliphatic carbocycles. The molecule has 0 radical (unpaired) electrons. The summed E-state index contributed by atoms with van der Waals surface area (Å²) < 4.78 is 26.3. The van der Waals surface area contributed by atoms with E-state index in [1.807, 2.05) is 6.92 Å². The number of aromatic nitrogens is 2. The molecule has 2 aromatic rings. The van der Waals surface area contributed by atoms with Crippen molar-refractivity contribution in [2.24, 2.45) is 0 Å². The molecule has 11 heteroatoms. The lowest BCUT2D eigenvalue weighted by molar-refractivity contribution is 0.103. The third-order valence-electron chi connectivity index (χ3n) is 2.75. The molecule has 0 bridgehead atoms. The second-order valence-electron chi connectivity index (χ2n) is 4.58. The third kappa shape index (κ3) is 4.10. The standard InChI is InChI=1S/C12H16N4O3S4/c1-5-20-12-15-14-11(22-12)13-10(17)8-6-9(7(2)21-8)23(18,19)16(3)4/h6H,5H2,1-4H3,(H,13,14,17). The van der Waals surface area contributed by atoms with Crippen molar-refractivity contribution in [2.45, 2.75) is 23.1 Å². The van der Waals surface area contributed by atoms with Crippen LogP contribution in [0.4, 0.5) is 5.13 Å². The van der Waals surface area contributed by atoms with Gasteiger partial charge in [-0.05, 0) is 18.7 Å². The molecule has 0 saturated carbocycles. The van der Waals surface area contributed by atoms with E-state index < -0.39 is 10.0 Å². The van der Waals surface area contributed by atoms with Crippen LogP contribution in [-0.2, 0) is 10.0 Å². The van der Waals surface area contributed by atoms with Crippen LogP contribution in [0.1, 0.15) is 21.5 Å². The number of sulfonamides is 1. The van der Waals surface area contributed by atoms with Crippen LogP contribution in [0.15, 0.2) is 15.3 Å². The van der Waals surface area contributed by atoms with Gasteiger partial charge in [0.25, 0.3) is 5.91 Å². The Balaban J connectivity index is 2.20. The number of thiophene rings is 1. The highest BCUT2D eigenvalue weighted by atomic mass is 32.2. The number of aryl methyl sites for hydroxylation is 1. The van der Waals surface area contributed by atoms with Crippen molar-refractivity contribution in [3.63, 3.8) is 0 Å². The first-order chi connectivity index (χ1) is 10.8. The molecule has 0 aromatic carbocycles. The molecule has 126 valence electrons. The van der Waals surface area contributed by atoms with Crippen molar-refractivity contribution in [3.8, 4) is 0 Å². The monoisotopic (exact) mass is 392 g/mol. The van der Waals surface area contributed by atoms with Crippen molar-refractivity contribution in [1.29, 1.82) is 0 Å². The molecule has 2 heterocycles. The Labute approximate surface area is 147 Å². The van der Waals surface area contributed by atoms with E-state index in [4.69, 9.17) is 0 Å². The summed E-state index contributed by atoms with van der Waals surface area (Å²) in [5.41, 5.74) is 0. The highest BCUT2D eigenvalue weighted by molar-refractivity contribution is 8.01. The molecule has 2 aromatic heterocycles. The summed E-state index contributed by atoms with van der Waals surface area (Å²) in [7, 11) is -0.644. The zero-order valence-electron chi connectivity index (χ0n) is 13.0. The quantitative estimate of drug-likeness (QED) is 0.600. The lowest BCUT2D eigenvalue weighted by atomic mass is 10.4.